The molecule has 0 spiro atoms. The third-order valence-corrected chi connectivity index (χ3v) is 8.92. The fourth-order valence-electron chi connectivity index (χ4n) is 4.74. The lowest BCUT2D eigenvalue weighted by Gasteiger charge is -2.33. The fourth-order valence-corrected chi connectivity index (χ4v) is 6.84. The Kier molecular flexibility index (Phi) is 9.33. The maximum Gasteiger partial charge on any atom is 0.123 e. The largest absolute Gasteiger partial charge is 0.494 e. The highest BCUT2D eigenvalue weighted by Crippen LogP contribution is 2.48. The van der Waals surface area contributed by atoms with E-state index in [0.717, 1.165) is 33.0 Å². The van der Waals surface area contributed by atoms with Gasteiger partial charge < -0.3 is 4.74 Å². The molecule has 0 atom stereocenters. The second-order valence-electron chi connectivity index (χ2n) is 10.4. The van der Waals surface area contributed by atoms with E-state index >= 15 is 0 Å². The zero-order valence-corrected chi connectivity index (χ0v) is 26.0. The average Bonchev–Trinajstić information content (AvgIpc) is 2.80. The summed E-state index contributed by atoms with van der Waals surface area (Å²) in [7, 11) is 0. The smallest absolute Gasteiger partial charge is 0.123 e. The number of hydrogen-bond donors (Lipinski definition) is 0. The highest BCUT2D eigenvalue weighted by atomic mass is 35.5. The van der Waals surface area contributed by atoms with Crippen molar-refractivity contribution in [3.63, 3.8) is 0 Å². The van der Waals surface area contributed by atoms with E-state index < -0.39 is 10.8 Å². The normalized spacial score (nSPS) is 12.4. The van der Waals surface area contributed by atoms with Gasteiger partial charge in [-0.2, -0.15) is 0 Å². The monoisotopic (exact) mass is 582 g/mol. The van der Waals surface area contributed by atoms with Crippen LogP contribution in [0, 0.1) is 0 Å². The van der Waals surface area contributed by atoms with Crippen molar-refractivity contribution in [2.45, 2.75) is 70.1 Å². The van der Waals surface area contributed by atoms with Gasteiger partial charge in [-0.3, -0.25) is 0 Å². The Balaban J connectivity index is 2.23. The number of thioether (sulfide) groups is 1. The molecule has 0 aliphatic rings. The minimum absolute atomic E-state index is 0.385. The lowest BCUT2D eigenvalue weighted by Crippen LogP contribution is -2.24. The van der Waals surface area contributed by atoms with E-state index in [1.807, 2.05) is 31.2 Å². The molecule has 0 saturated carbocycles. The maximum absolute atomic E-state index is 7.02. The minimum atomic E-state index is -0.504. The molecule has 0 radical (unpaired) electrons. The van der Waals surface area contributed by atoms with Crippen LogP contribution in [0.1, 0.15) is 82.2 Å². The molecule has 0 N–H and O–H groups in total. The molecule has 0 heterocycles. The van der Waals surface area contributed by atoms with Crippen LogP contribution in [0.2, 0.25) is 20.1 Å². The summed E-state index contributed by atoms with van der Waals surface area (Å²) in [6.07, 6.45) is 2.10. The molecule has 0 unspecified atom stereocenters. The topological polar surface area (TPSA) is 9.23 Å². The van der Waals surface area contributed by atoms with E-state index in [1.165, 1.54) is 10.5 Å². The second-order valence-corrected chi connectivity index (χ2v) is 12.9. The van der Waals surface area contributed by atoms with Crippen molar-refractivity contribution in [1.29, 1.82) is 0 Å². The third kappa shape index (κ3) is 5.69. The van der Waals surface area contributed by atoms with E-state index in [4.69, 9.17) is 51.1 Å². The molecular formula is C30H34Cl4OS. The van der Waals surface area contributed by atoms with Gasteiger partial charge in [0.1, 0.15) is 5.75 Å². The molecule has 3 rings (SSSR count). The van der Waals surface area contributed by atoms with Crippen LogP contribution in [0.25, 0.3) is 0 Å². The fraction of sp³-hybridized carbons (Fsp3) is 0.400. The van der Waals surface area contributed by atoms with Crippen molar-refractivity contribution in [3.05, 3.63) is 90.4 Å². The lowest BCUT2D eigenvalue weighted by atomic mass is 9.73. The Morgan fingerprint density at radius 2 is 1.31 bits per heavy atom. The first-order chi connectivity index (χ1) is 16.7. The highest BCUT2D eigenvalue weighted by Gasteiger charge is 2.34. The summed E-state index contributed by atoms with van der Waals surface area (Å²) in [5, 5.41) is 2.66. The highest BCUT2D eigenvalue weighted by molar-refractivity contribution is 7.98. The van der Waals surface area contributed by atoms with Crippen LogP contribution in [0.5, 0.6) is 5.75 Å². The van der Waals surface area contributed by atoms with Crippen LogP contribution in [-0.2, 0) is 10.8 Å². The van der Waals surface area contributed by atoms with Crippen molar-refractivity contribution >= 4 is 58.2 Å². The predicted octanol–water partition coefficient (Wildman–Crippen LogP) is 11.2. The summed E-state index contributed by atoms with van der Waals surface area (Å²) in [6.45, 7) is 15.4. The summed E-state index contributed by atoms with van der Waals surface area (Å²) in [6, 6.07) is 13.9. The zero-order valence-electron chi connectivity index (χ0n) is 22.2. The van der Waals surface area contributed by atoms with E-state index in [9.17, 15) is 0 Å². The molecule has 0 aromatic heterocycles. The van der Waals surface area contributed by atoms with Crippen LogP contribution in [0.3, 0.4) is 0 Å². The Morgan fingerprint density at radius 1 is 0.750 bits per heavy atom. The quantitative estimate of drug-likeness (QED) is 0.244. The standard InChI is InChI=1S/C30H34Cl4OS/c1-9-35-27-15-21(29(4,5)20-12-18(31)10-11-24(20)32)26(34)14-23(27)30(6,7)22-16-28(36-8)19(17(2)3)13-25(22)33/h10-17H,9H2,1-8H3. The SMILES string of the molecule is CCOc1cc(C(C)(C)c2cc(Cl)ccc2Cl)c(Cl)cc1C(C)(C)c1cc(SC)c(C(C)C)cc1Cl. The maximum atomic E-state index is 7.02. The van der Waals surface area contributed by atoms with Gasteiger partial charge in [0.15, 0.2) is 0 Å². The molecule has 0 amide bonds. The minimum Gasteiger partial charge on any atom is -0.494 e. The van der Waals surface area contributed by atoms with Crippen LogP contribution < -0.4 is 4.74 Å². The van der Waals surface area contributed by atoms with E-state index in [2.05, 4.69) is 59.9 Å². The summed E-state index contributed by atoms with van der Waals surface area (Å²) < 4.78 is 6.22. The molecule has 0 aliphatic heterocycles. The molecular weight excluding hydrogens is 550 g/mol. The Bertz CT molecular complexity index is 1260. The van der Waals surface area contributed by atoms with Crippen molar-refractivity contribution in [2.24, 2.45) is 0 Å². The molecule has 0 saturated heterocycles. The Labute approximate surface area is 240 Å². The Morgan fingerprint density at radius 3 is 1.89 bits per heavy atom. The number of ether oxygens (including phenoxy) is 1. The van der Waals surface area contributed by atoms with E-state index in [-0.39, 0.29) is 0 Å². The first-order valence-corrected chi connectivity index (χ1v) is 14.8. The van der Waals surface area contributed by atoms with Gasteiger partial charge in [0.25, 0.3) is 0 Å². The molecule has 3 aromatic carbocycles. The summed E-state index contributed by atoms with van der Waals surface area (Å²) in [4.78, 5) is 1.23. The second kappa shape index (κ2) is 11.4. The van der Waals surface area contributed by atoms with Crippen LogP contribution in [0.4, 0.5) is 0 Å². The van der Waals surface area contributed by atoms with Crippen molar-refractivity contribution in [1.82, 2.24) is 0 Å². The molecule has 0 bridgehead atoms. The molecule has 3 aromatic rings. The van der Waals surface area contributed by atoms with Gasteiger partial charge >= 0.3 is 0 Å². The zero-order chi connectivity index (χ0) is 27.0. The van der Waals surface area contributed by atoms with Gasteiger partial charge in [-0.1, -0.05) is 87.9 Å². The number of hydrogen-bond acceptors (Lipinski definition) is 2. The molecule has 0 aliphatic carbocycles. The van der Waals surface area contributed by atoms with Gasteiger partial charge in [-0.15, -0.1) is 11.8 Å². The van der Waals surface area contributed by atoms with Gasteiger partial charge in [0, 0.05) is 41.4 Å². The van der Waals surface area contributed by atoms with Crippen molar-refractivity contribution in [2.75, 3.05) is 12.9 Å². The molecule has 194 valence electrons. The van der Waals surface area contributed by atoms with Gasteiger partial charge in [0.05, 0.1) is 6.61 Å². The van der Waals surface area contributed by atoms with Gasteiger partial charge in [0.2, 0.25) is 0 Å². The first kappa shape index (κ1) is 29.5. The molecule has 6 heteroatoms. The van der Waals surface area contributed by atoms with E-state index in [0.29, 0.717) is 27.6 Å². The summed E-state index contributed by atoms with van der Waals surface area (Å²) in [5.41, 5.74) is 4.15. The number of rotatable bonds is 8. The third-order valence-electron chi connectivity index (χ3n) is 6.93. The first-order valence-electron chi connectivity index (χ1n) is 12.1. The van der Waals surface area contributed by atoms with E-state index in [1.54, 1.807) is 17.8 Å². The van der Waals surface area contributed by atoms with Crippen molar-refractivity contribution < 1.29 is 4.74 Å². The van der Waals surface area contributed by atoms with Gasteiger partial charge in [-0.05, 0) is 83.8 Å². The summed E-state index contributed by atoms with van der Waals surface area (Å²) in [5.74, 6) is 1.17. The molecule has 36 heavy (non-hydrogen) atoms. The van der Waals surface area contributed by atoms with Gasteiger partial charge in [-0.25, -0.2) is 0 Å². The number of benzene rings is 3. The lowest BCUT2D eigenvalue weighted by molar-refractivity contribution is 0.330. The number of halogens is 4. The van der Waals surface area contributed by atoms with Crippen LogP contribution >= 0.6 is 58.2 Å². The average molecular weight is 584 g/mol. The molecule has 1 nitrogen and oxygen atoms in total. The van der Waals surface area contributed by atoms with Crippen molar-refractivity contribution in [3.8, 4) is 5.75 Å². The molecule has 0 fully saturated rings. The van der Waals surface area contributed by atoms with Crippen LogP contribution in [-0.4, -0.2) is 12.9 Å². The summed E-state index contributed by atoms with van der Waals surface area (Å²) >= 11 is 28.6. The van der Waals surface area contributed by atoms with Crippen LogP contribution in [0.15, 0.2) is 47.4 Å². The predicted molar refractivity (Wildman–Crippen MR) is 161 cm³/mol. The Hall–Kier alpha value is -1.03.